The molecule has 1 aliphatic carbocycles. The molecule has 1 unspecified atom stereocenters. The normalized spacial score (nSPS) is 14.3. The Kier molecular flexibility index (Phi) is 6.57. The molecule has 0 fully saturated rings. The number of nitrogens with one attached hydrogen (secondary N) is 2. The van der Waals surface area contributed by atoms with Gasteiger partial charge < -0.3 is 10.1 Å². The molecule has 0 aliphatic heterocycles. The van der Waals surface area contributed by atoms with Crippen molar-refractivity contribution in [1.29, 1.82) is 0 Å². The number of carbonyl (C=O) groups excluding carboxylic acids is 3. The van der Waals surface area contributed by atoms with Crippen molar-refractivity contribution >= 4 is 44.8 Å². The van der Waals surface area contributed by atoms with Crippen LogP contribution in [-0.4, -0.2) is 32.3 Å². The molecule has 0 radical (unpaired) electrons. The highest BCUT2D eigenvalue weighted by atomic mass is 32.2. The molecule has 1 atom stereocenters. The molecule has 0 saturated heterocycles. The Hall–Kier alpha value is -2.72. The van der Waals surface area contributed by atoms with E-state index in [9.17, 15) is 22.8 Å². The van der Waals surface area contributed by atoms with Crippen molar-refractivity contribution in [2.75, 3.05) is 5.32 Å². The molecule has 2 amide bonds. The lowest BCUT2D eigenvalue weighted by Gasteiger charge is -2.13. The lowest BCUT2D eigenvalue weighted by molar-refractivity contribution is -0.123. The summed E-state index contributed by atoms with van der Waals surface area (Å²) >= 11 is 1.42. The van der Waals surface area contributed by atoms with Crippen LogP contribution in [0, 0.1) is 0 Å². The van der Waals surface area contributed by atoms with Crippen LogP contribution in [0.3, 0.4) is 0 Å². The summed E-state index contributed by atoms with van der Waals surface area (Å²) in [4.78, 5) is 37.3. The molecule has 3 rings (SSSR count). The highest BCUT2D eigenvalue weighted by Crippen LogP contribution is 2.30. The van der Waals surface area contributed by atoms with Crippen molar-refractivity contribution in [3.8, 4) is 0 Å². The van der Waals surface area contributed by atoms with Crippen LogP contribution in [0.5, 0.6) is 0 Å². The Morgan fingerprint density at radius 3 is 2.40 bits per heavy atom. The third-order valence-electron chi connectivity index (χ3n) is 4.56. The monoisotopic (exact) mass is 450 g/mol. The van der Waals surface area contributed by atoms with Gasteiger partial charge in [0, 0.05) is 17.5 Å². The Morgan fingerprint density at radius 1 is 1.10 bits per heavy atom. The number of hydrogen-bond donors (Lipinski definition) is 2. The van der Waals surface area contributed by atoms with Crippen LogP contribution >= 0.6 is 11.3 Å². The van der Waals surface area contributed by atoms with E-state index in [4.69, 9.17) is 4.74 Å². The quantitative estimate of drug-likeness (QED) is 0.653. The summed E-state index contributed by atoms with van der Waals surface area (Å²) in [5, 5.41) is 2.57. The topological polar surface area (TPSA) is 119 Å². The van der Waals surface area contributed by atoms with Gasteiger partial charge in [0.2, 0.25) is 5.91 Å². The maximum atomic E-state index is 12.4. The summed E-state index contributed by atoms with van der Waals surface area (Å²) in [7, 11) is -3.95. The van der Waals surface area contributed by atoms with E-state index in [2.05, 4.69) is 5.32 Å². The molecular formula is C20H22N2O6S2. The number of ether oxygens (including phenoxy) is 1. The van der Waals surface area contributed by atoms with E-state index >= 15 is 0 Å². The third-order valence-corrected chi connectivity index (χ3v) is 7.23. The fourth-order valence-electron chi connectivity index (χ4n) is 3.07. The standard InChI is InChI=1S/C20H22N2O6S2/c1-12(28-20(25)18-11-14-5-3-4-6-17(14)29-18)19(24)21-15-7-9-16(10-8-15)30(26,27)22-13(2)23/h7-12H,3-6H2,1-2H3,(H,21,24)(H,22,23). The summed E-state index contributed by atoms with van der Waals surface area (Å²) in [6.45, 7) is 2.57. The van der Waals surface area contributed by atoms with Crippen LogP contribution in [-0.2, 0) is 37.2 Å². The van der Waals surface area contributed by atoms with Crippen LogP contribution in [0.15, 0.2) is 35.2 Å². The lowest BCUT2D eigenvalue weighted by atomic mass is 9.99. The first-order valence-corrected chi connectivity index (χ1v) is 11.7. The number of benzene rings is 1. The summed E-state index contributed by atoms with van der Waals surface area (Å²) in [6.07, 6.45) is 3.13. The Balaban J connectivity index is 1.59. The zero-order valence-corrected chi connectivity index (χ0v) is 18.2. The minimum atomic E-state index is -3.95. The maximum absolute atomic E-state index is 12.4. The molecule has 0 spiro atoms. The van der Waals surface area contributed by atoms with Gasteiger partial charge in [-0.3, -0.25) is 9.59 Å². The number of sulfonamides is 1. The van der Waals surface area contributed by atoms with E-state index in [1.54, 1.807) is 0 Å². The molecular weight excluding hydrogens is 428 g/mol. The van der Waals surface area contributed by atoms with Gasteiger partial charge in [-0.1, -0.05) is 0 Å². The number of rotatable bonds is 6. The van der Waals surface area contributed by atoms with E-state index in [1.807, 2.05) is 10.8 Å². The second-order valence-corrected chi connectivity index (χ2v) is 9.81. The lowest BCUT2D eigenvalue weighted by Crippen LogP contribution is -2.30. The van der Waals surface area contributed by atoms with Crippen LogP contribution < -0.4 is 10.0 Å². The molecule has 1 aliphatic rings. The Morgan fingerprint density at radius 2 is 1.77 bits per heavy atom. The molecule has 8 nitrogen and oxygen atoms in total. The summed E-state index contributed by atoms with van der Waals surface area (Å²) in [6, 6.07) is 7.13. The van der Waals surface area contributed by atoms with E-state index in [1.165, 1.54) is 53.0 Å². The molecule has 2 aromatic rings. The van der Waals surface area contributed by atoms with Crippen molar-refractivity contribution in [2.24, 2.45) is 0 Å². The van der Waals surface area contributed by atoms with Gasteiger partial charge in [-0.2, -0.15) is 0 Å². The van der Waals surface area contributed by atoms with Crippen molar-refractivity contribution in [2.45, 2.75) is 50.5 Å². The van der Waals surface area contributed by atoms with Gasteiger partial charge >= 0.3 is 5.97 Å². The highest BCUT2D eigenvalue weighted by molar-refractivity contribution is 7.90. The Bertz CT molecular complexity index is 1050. The molecule has 0 saturated carbocycles. The van der Waals surface area contributed by atoms with E-state index < -0.39 is 33.9 Å². The first-order chi connectivity index (χ1) is 14.2. The number of fused-ring (bicyclic) bond motifs is 1. The molecule has 10 heteroatoms. The van der Waals surface area contributed by atoms with Crippen molar-refractivity contribution in [1.82, 2.24) is 4.72 Å². The molecule has 1 aromatic carbocycles. The van der Waals surface area contributed by atoms with Gasteiger partial charge in [0.05, 0.1) is 4.90 Å². The summed E-state index contributed by atoms with van der Waals surface area (Å²) < 4.78 is 31.0. The molecule has 30 heavy (non-hydrogen) atoms. The van der Waals surface area contributed by atoms with E-state index in [0.29, 0.717) is 10.6 Å². The second-order valence-electron chi connectivity index (χ2n) is 6.99. The minimum absolute atomic E-state index is 0.114. The highest BCUT2D eigenvalue weighted by Gasteiger charge is 2.23. The first kappa shape index (κ1) is 22.0. The number of aryl methyl sites for hydroxylation is 2. The average Bonchev–Trinajstić information content (AvgIpc) is 3.11. The fraction of sp³-hybridized carbons (Fsp3) is 0.350. The van der Waals surface area contributed by atoms with E-state index in [0.717, 1.165) is 32.6 Å². The number of esters is 1. The van der Waals surface area contributed by atoms with E-state index in [-0.39, 0.29) is 4.90 Å². The predicted octanol–water partition coefficient (Wildman–Crippen LogP) is 2.64. The maximum Gasteiger partial charge on any atom is 0.349 e. The molecule has 1 aromatic heterocycles. The van der Waals surface area contributed by atoms with Crippen LogP contribution in [0.4, 0.5) is 5.69 Å². The predicted molar refractivity (Wildman–Crippen MR) is 112 cm³/mol. The second kappa shape index (κ2) is 8.97. The van der Waals surface area contributed by atoms with Crippen LogP contribution in [0.2, 0.25) is 0 Å². The van der Waals surface area contributed by atoms with Crippen molar-refractivity contribution in [3.05, 3.63) is 45.6 Å². The van der Waals surface area contributed by atoms with Crippen molar-refractivity contribution in [3.63, 3.8) is 0 Å². The minimum Gasteiger partial charge on any atom is -0.448 e. The zero-order valence-electron chi connectivity index (χ0n) is 16.6. The average molecular weight is 451 g/mol. The number of thiophene rings is 1. The largest absolute Gasteiger partial charge is 0.448 e. The van der Waals surface area contributed by atoms with Gasteiger partial charge in [0.1, 0.15) is 4.88 Å². The zero-order chi connectivity index (χ0) is 21.9. The molecule has 160 valence electrons. The number of anilines is 1. The van der Waals surface area contributed by atoms with Gasteiger partial charge in [0.25, 0.3) is 15.9 Å². The number of hydrogen-bond acceptors (Lipinski definition) is 7. The van der Waals surface area contributed by atoms with Gasteiger partial charge in [-0.15, -0.1) is 11.3 Å². The van der Waals surface area contributed by atoms with Gasteiger partial charge in [-0.05, 0) is 68.5 Å². The van der Waals surface area contributed by atoms with Crippen LogP contribution in [0.1, 0.15) is 46.8 Å². The van der Waals surface area contributed by atoms with Gasteiger partial charge in [0.15, 0.2) is 6.10 Å². The smallest absolute Gasteiger partial charge is 0.349 e. The summed E-state index contributed by atoms with van der Waals surface area (Å²) in [5.74, 6) is -1.77. The first-order valence-electron chi connectivity index (χ1n) is 9.42. The third kappa shape index (κ3) is 5.25. The number of amides is 2. The van der Waals surface area contributed by atoms with Gasteiger partial charge in [-0.25, -0.2) is 17.9 Å². The molecule has 1 heterocycles. The molecule has 0 bridgehead atoms. The molecule has 2 N–H and O–H groups in total. The number of carbonyl (C=O) groups is 3. The summed E-state index contributed by atoms with van der Waals surface area (Å²) in [5.41, 5.74) is 1.51. The van der Waals surface area contributed by atoms with Crippen molar-refractivity contribution < 1.29 is 27.5 Å². The van der Waals surface area contributed by atoms with Crippen LogP contribution in [0.25, 0.3) is 0 Å². The Labute approximate surface area is 178 Å². The fourth-order valence-corrected chi connectivity index (χ4v) is 5.20. The SMILES string of the molecule is CC(=O)NS(=O)(=O)c1ccc(NC(=O)C(C)OC(=O)c2cc3c(s2)CCCC3)cc1.